The summed E-state index contributed by atoms with van der Waals surface area (Å²) in [6.45, 7) is 1.83. The fourth-order valence-corrected chi connectivity index (χ4v) is 2.72. The smallest absolute Gasteiger partial charge is 0.238 e. The quantitative estimate of drug-likeness (QED) is 0.485. The maximum absolute atomic E-state index is 11.2. The minimum absolute atomic E-state index is 0.174. The number of hydrogen-bond donors (Lipinski definition) is 2. The third-order valence-electron chi connectivity index (χ3n) is 3.03. The van der Waals surface area contributed by atoms with Crippen LogP contribution in [-0.4, -0.2) is 17.9 Å². The highest BCUT2D eigenvalue weighted by atomic mass is 32.1. The largest absolute Gasteiger partial charge is 0.298 e. The van der Waals surface area contributed by atoms with E-state index in [9.17, 15) is 4.79 Å². The number of rotatable bonds is 6. The Balaban J connectivity index is 1.88. The predicted molar refractivity (Wildman–Crippen MR) is 82.0 cm³/mol. The number of carbonyl (C=O) groups is 1. The van der Waals surface area contributed by atoms with E-state index >= 15 is 0 Å². The Labute approximate surface area is 123 Å². The molecule has 0 saturated heterocycles. The zero-order valence-corrected chi connectivity index (χ0v) is 12.3. The summed E-state index contributed by atoms with van der Waals surface area (Å²) >= 11 is 1.72. The number of thiophene rings is 1. The zero-order valence-electron chi connectivity index (χ0n) is 11.5. The third kappa shape index (κ3) is 4.45. The second kappa shape index (κ2) is 7.19. The van der Waals surface area contributed by atoms with Gasteiger partial charge in [-0.3, -0.25) is 15.1 Å². The molecule has 0 fully saturated rings. The average Bonchev–Trinajstić information content (AvgIpc) is 2.93. The number of hydrogen-bond acceptors (Lipinski definition) is 4. The summed E-state index contributed by atoms with van der Waals surface area (Å²) in [5, 5.41) is 4.27. The van der Waals surface area contributed by atoms with E-state index in [-0.39, 0.29) is 5.91 Å². The van der Waals surface area contributed by atoms with Crippen LogP contribution in [0.1, 0.15) is 16.7 Å². The summed E-state index contributed by atoms with van der Waals surface area (Å²) in [5.41, 5.74) is 5.69. The van der Waals surface area contributed by atoms with Gasteiger partial charge in [0.25, 0.3) is 0 Å². The topological polar surface area (TPSA) is 58.4 Å². The molecule has 1 aromatic heterocycles. The van der Waals surface area contributed by atoms with Crippen molar-refractivity contribution in [3.63, 3.8) is 0 Å². The van der Waals surface area contributed by atoms with Crippen LogP contribution < -0.4 is 11.3 Å². The van der Waals surface area contributed by atoms with Gasteiger partial charge in [-0.1, -0.05) is 24.3 Å². The summed E-state index contributed by atoms with van der Waals surface area (Å²) in [7, 11) is 2.10. The van der Waals surface area contributed by atoms with Gasteiger partial charge in [0.2, 0.25) is 5.91 Å². The first-order valence-corrected chi connectivity index (χ1v) is 7.38. The molecule has 1 heterocycles. The lowest BCUT2D eigenvalue weighted by molar-refractivity contribution is -0.120. The second-order valence-electron chi connectivity index (χ2n) is 4.86. The molecule has 20 heavy (non-hydrogen) atoms. The molecule has 0 aliphatic heterocycles. The number of nitrogens with two attached hydrogens (primary N) is 1. The maximum atomic E-state index is 11.2. The Morgan fingerprint density at radius 2 is 1.80 bits per heavy atom. The van der Waals surface area contributed by atoms with E-state index in [0.29, 0.717) is 6.42 Å². The monoisotopic (exact) mass is 289 g/mol. The lowest BCUT2D eigenvalue weighted by Crippen LogP contribution is -2.31. The van der Waals surface area contributed by atoms with Crippen molar-refractivity contribution in [2.24, 2.45) is 5.84 Å². The normalized spacial score (nSPS) is 10.8. The third-order valence-corrected chi connectivity index (χ3v) is 3.77. The first kappa shape index (κ1) is 14.7. The molecule has 106 valence electrons. The molecular formula is C15H19N3OS. The van der Waals surface area contributed by atoms with Crippen LogP contribution in [-0.2, 0) is 24.3 Å². The molecule has 5 heteroatoms. The molecule has 3 N–H and O–H groups in total. The SMILES string of the molecule is CN(Cc1ccc(CC(=O)NN)cc1)Cc1ccsc1. The van der Waals surface area contributed by atoms with Crippen molar-refractivity contribution < 1.29 is 4.79 Å². The summed E-state index contributed by atoms with van der Waals surface area (Å²) in [6, 6.07) is 10.2. The summed E-state index contributed by atoms with van der Waals surface area (Å²) in [5.74, 6) is 4.90. The molecule has 0 spiro atoms. The molecule has 1 aromatic carbocycles. The molecule has 0 bridgehead atoms. The first-order chi connectivity index (χ1) is 9.67. The molecular weight excluding hydrogens is 270 g/mol. The molecule has 4 nitrogen and oxygen atoms in total. The second-order valence-corrected chi connectivity index (χ2v) is 5.64. The molecule has 0 atom stereocenters. The van der Waals surface area contributed by atoms with E-state index in [1.807, 2.05) is 12.1 Å². The Morgan fingerprint density at radius 3 is 2.40 bits per heavy atom. The van der Waals surface area contributed by atoms with Crippen LogP contribution in [0.4, 0.5) is 0 Å². The molecule has 2 rings (SSSR count). The van der Waals surface area contributed by atoms with Crippen molar-refractivity contribution in [1.82, 2.24) is 10.3 Å². The minimum atomic E-state index is -0.174. The molecule has 0 aliphatic carbocycles. The number of benzene rings is 1. The van der Waals surface area contributed by atoms with Gasteiger partial charge in [0, 0.05) is 13.1 Å². The average molecular weight is 289 g/mol. The van der Waals surface area contributed by atoms with Crippen molar-refractivity contribution in [2.45, 2.75) is 19.5 Å². The lowest BCUT2D eigenvalue weighted by atomic mass is 10.1. The molecule has 2 aromatic rings. The van der Waals surface area contributed by atoms with Crippen molar-refractivity contribution >= 4 is 17.2 Å². The molecule has 0 aliphatic rings. The van der Waals surface area contributed by atoms with Gasteiger partial charge in [-0.15, -0.1) is 0 Å². The van der Waals surface area contributed by atoms with Crippen molar-refractivity contribution in [1.29, 1.82) is 0 Å². The molecule has 0 saturated carbocycles. The van der Waals surface area contributed by atoms with Crippen LogP contribution >= 0.6 is 11.3 Å². The Hall–Kier alpha value is -1.69. The Bertz CT molecular complexity index is 537. The summed E-state index contributed by atoms with van der Waals surface area (Å²) in [6.07, 6.45) is 0.321. The summed E-state index contributed by atoms with van der Waals surface area (Å²) in [4.78, 5) is 13.4. The fraction of sp³-hybridized carbons (Fsp3) is 0.267. The predicted octanol–water partition coefficient (Wildman–Crippen LogP) is 1.91. The Morgan fingerprint density at radius 1 is 1.15 bits per heavy atom. The van der Waals surface area contributed by atoms with E-state index in [1.54, 1.807) is 11.3 Å². The van der Waals surface area contributed by atoms with Crippen LogP contribution in [0.25, 0.3) is 0 Å². The van der Waals surface area contributed by atoms with E-state index in [4.69, 9.17) is 5.84 Å². The van der Waals surface area contributed by atoms with Crippen LogP contribution in [0.2, 0.25) is 0 Å². The van der Waals surface area contributed by atoms with Gasteiger partial charge in [-0.2, -0.15) is 11.3 Å². The van der Waals surface area contributed by atoms with Crippen LogP contribution in [0.15, 0.2) is 41.1 Å². The highest BCUT2D eigenvalue weighted by molar-refractivity contribution is 7.07. The van der Waals surface area contributed by atoms with Gasteiger partial charge in [-0.05, 0) is 40.6 Å². The molecule has 0 unspecified atom stereocenters. The van der Waals surface area contributed by atoms with Gasteiger partial charge in [-0.25, -0.2) is 5.84 Å². The van der Waals surface area contributed by atoms with E-state index in [2.05, 4.69) is 46.3 Å². The zero-order chi connectivity index (χ0) is 14.4. The Kier molecular flexibility index (Phi) is 5.29. The van der Waals surface area contributed by atoms with Crippen molar-refractivity contribution in [3.05, 3.63) is 57.8 Å². The van der Waals surface area contributed by atoms with Gasteiger partial charge in [0.05, 0.1) is 6.42 Å². The maximum Gasteiger partial charge on any atom is 0.238 e. The number of nitrogens with zero attached hydrogens (tertiary/aromatic N) is 1. The number of nitrogens with one attached hydrogen (secondary N) is 1. The number of hydrazine groups is 1. The lowest BCUT2D eigenvalue weighted by Gasteiger charge is -2.16. The van der Waals surface area contributed by atoms with E-state index in [0.717, 1.165) is 18.7 Å². The highest BCUT2D eigenvalue weighted by Gasteiger charge is 2.04. The minimum Gasteiger partial charge on any atom is -0.298 e. The molecule has 0 radical (unpaired) electrons. The van der Waals surface area contributed by atoms with Gasteiger partial charge in [0.15, 0.2) is 0 Å². The standard InChI is InChI=1S/C15H19N3OS/c1-18(10-14-6-7-20-11-14)9-13-4-2-12(3-5-13)8-15(19)17-16/h2-7,11H,8-10,16H2,1H3,(H,17,19). The summed E-state index contributed by atoms with van der Waals surface area (Å²) < 4.78 is 0. The molecule has 1 amide bonds. The van der Waals surface area contributed by atoms with E-state index < -0.39 is 0 Å². The van der Waals surface area contributed by atoms with Crippen LogP contribution in [0.5, 0.6) is 0 Å². The van der Waals surface area contributed by atoms with E-state index in [1.165, 1.54) is 11.1 Å². The van der Waals surface area contributed by atoms with Gasteiger partial charge >= 0.3 is 0 Å². The van der Waals surface area contributed by atoms with Crippen LogP contribution in [0, 0.1) is 0 Å². The highest BCUT2D eigenvalue weighted by Crippen LogP contribution is 2.12. The van der Waals surface area contributed by atoms with Crippen molar-refractivity contribution in [3.8, 4) is 0 Å². The van der Waals surface area contributed by atoms with Crippen LogP contribution in [0.3, 0.4) is 0 Å². The fourth-order valence-electron chi connectivity index (χ4n) is 2.06. The van der Waals surface area contributed by atoms with Crippen molar-refractivity contribution in [2.75, 3.05) is 7.05 Å². The number of amides is 1. The number of carbonyl (C=O) groups excluding carboxylic acids is 1. The van der Waals surface area contributed by atoms with Gasteiger partial charge in [0.1, 0.15) is 0 Å². The first-order valence-electron chi connectivity index (χ1n) is 6.44. The van der Waals surface area contributed by atoms with Gasteiger partial charge < -0.3 is 0 Å².